The predicted molar refractivity (Wildman–Crippen MR) is 296 cm³/mol. The van der Waals surface area contributed by atoms with Gasteiger partial charge in [-0.1, -0.05) is 237 Å². The molecule has 412 valence electrons. The minimum atomic E-state index is -4.64. The number of ether oxygens (including phenoxy) is 2. The van der Waals surface area contributed by atoms with Crippen LogP contribution in [0.4, 0.5) is 0 Å². The number of allylic oxidation sites excluding steroid dienone is 6. The summed E-state index contributed by atoms with van der Waals surface area (Å²) in [6, 6.07) is 0. The number of rotatable bonds is 55. The monoisotopic (exact) mass is 1010 g/mol. The van der Waals surface area contributed by atoms with Gasteiger partial charge < -0.3 is 27.9 Å². The highest BCUT2D eigenvalue weighted by atomic mass is 31.2. The van der Waals surface area contributed by atoms with Crippen molar-refractivity contribution in [1.82, 2.24) is 0 Å². The zero-order valence-corrected chi connectivity index (χ0v) is 47.6. The molecular weight excluding hydrogens is 894 g/mol. The van der Waals surface area contributed by atoms with Crippen molar-refractivity contribution in [2.45, 2.75) is 290 Å². The zero-order valence-electron chi connectivity index (χ0n) is 46.7. The molecule has 9 nitrogen and oxygen atoms in total. The molecule has 0 spiro atoms. The third-order valence-corrected chi connectivity index (χ3v) is 14.1. The van der Waals surface area contributed by atoms with Gasteiger partial charge in [-0.05, 0) is 70.6 Å². The average Bonchev–Trinajstić information content (AvgIpc) is 3.32. The number of phosphoric acid groups is 1. The molecule has 0 aliphatic rings. The Kier molecular flexibility index (Phi) is 50.8. The molecule has 2 atom stereocenters. The second-order valence-electron chi connectivity index (χ2n) is 21.4. The molecule has 0 N–H and O–H groups in total. The summed E-state index contributed by atoms with van der Waals surface area (Å²) in [6.07, 6.45) is 63.3. The average molecular weight is 1010 g/mol. The van der Waals surface area contributed by atoms with Gasteiger partial charge in [-0.25, -0.2) is 0 Å². The van der Waals surface area contributed by atoms with E-state index in [2.05, 4.69) is 50.3 Å². The molecule has 0 saturated carbocycles. The highest BCUT2D eigenvalue weighted by Crippen LogP contribution is 2.38. The van der Waals surface area contributed by atoms with Gasteiger partial charge in [0, 0.05) is 12.8 Å². The van der Waals surface area contributed by atoms with Crippen LogP contribution in [0, 0.1) is 0 Å². The fourth-order valence-corrected chi connectivity index (χ4v) is 9.24. The second kappa shape index (κ2) is 52.1. The number of unbranched alkanes of at least 4 members (excludes halogenated alkanes) is 35. The predicted octanol–water partition coefficient (Wildman–Crippen LogP) is 17.7. The Labute approximate surface area is 433 Å². The number of hydrogen-bond acceptors (Lipinski definition) is 8. The van der Waals surface area contributed by atoms with Crippen LogP contribution >= 0.6 is 7.82 Å². The summed E-state index contributed by atoms with van der Waals surface area (Å²) >= 11 is 0. The normalized spacial score (nSPS) is 13.5. The second-order valence-corrected chi connectivity index (χ2v) is 22.8. The molecular formula is C60H114NO8P. The van der Waals surface area contributed by atoms with Gasteiger partial charge in [0.05, 0.1) is 27.7 Å². The summed E-state index contributed by atoms with van der Waals surface area (Å²) in [4.78, 5) is 37.9. The van der Waals surface area contributed by atoms with Crippen LogP contribution in [-0.4, -0.2) is 70.0 Å². The van der Waals surface area contributed by atoms with E-state index in [4.69, 9.17) is 18.5 Å². The van der Waals surface area contributed by atoms with Crippen molar-refractivity contribution in [3.05, 3.63) is 36.5 Å². The van der Waals surface area contributed by atoms with Crippen LogP contribution in [0.1, 0.15) is 284 Å². The third kappa shape index (κ3) is 55.5. The maximum absolute atomic E-state index is 12.8. The molecule has 70 heavy (non-hydrogen) atoms. The molecule has 0 bridgehead atoms. The van der Waals surface area contributed by atoms with E-state index < -0.39 is 26.5 Å². The van der Waals surface area contributed by atoms with Crippen molar-refractivity contribution in [3.63, 3.8) is 0 Å². The lowest BCUT2D eigenvalue weighted by molar-refractivity contribution is -0.870. The molecule has 0 aliphatic carbocycles. The van der Waals surface area contributed by atoms with Crippen LogP contribution in [-0.2, 0) is 32.7 Å². The van der Waals surface area contributed by atoms with Crippen molar-refractivity contribution in [2.24, 2.45) is 0 Å². The first kappa shape index (κ1) is 68.2. The van der Waals surface area contributed by atoms with Gasteiger partial charge in [0.25, 0.3) is 7.82 Å². The van der Waals surface area contributed by atoms with Gasteiger partial charge in [0.15, 0.2) is 6.10 Å². The number of phosphoric ester groups is 1. The molecule has 0 radical (unpaired) electrons. The minimum absolute atomic E-state index is 0.0303. The molecule has 10 heteroatoms. The lowest BCUT2D eigenvalue weighted by Crippen LogP contribution is -2.37. The molecule has 0 rings (SSSR count). The third-order valence-electron chi connectivity index (χ3n) is 13.1. The molecule has 0 aromatic rings. The molecule has 0 saturated heterocycles. The maximum atomic E-state index is 12.8. The van der Waals surface area contributed by atoms with Crippen LogP contribution in [0.25, 0.3) is 0 Å². The van der Waals surface area contributed by atoms with Gasteiger partial charge in [0.1, 0.15) is 19.8 Å². The van der Waals surface area contributed by atoms with Crippen molar-refractivity contribution in [1.29, 1.82) is 0 Å². The van der Waals surface area contributed by atoms with Crippen LogP contribution in [0.5, 0.6) is 0 Å². The Hall–Kier alpha value is -1.77. The smallest absolute Gasteiger partial charge is 0.306 e. The van der Waals surface area contributed by atoms with Crippen LogP contribution in [0.15, 0.2) is 36.5 Å². The first-order chi connectivity index (χ1) is 34.0. The van der Waals surface area contributed by atoms with Crippen molar-refractivity contribution in [2.75, 3.05) is 47.5 Å². The summed E-state index contributed by atoms with van der Waals surface area (Å²) in [7, 11) is 1.17. The maximum Gasteiger partial charge on any atom is 0.306 e. The SMILES string of the molecule is CCCCCCC/C=C\C/C=C\CCCCCCCCCCCCCC(=O)OC(COC(=O)CCCCCCCCCCCCC/C=C\CCCCCCCCCC)COP(=O)([O-])OCC[N+](C)(C)C. The zero-order chi connectivity index (χ0) is 51.3. The fraction of sp³-hybridized carbons (Fsp3) is 0.867. The quantitative estimate of drug-likeness (QED) is 0.0195. The van der Waals surface area contributed by atoms with Gasteiger partial charge in [-0.15, -0.1) is 0 Å². The van der Waals surface area contributed by atoms with E-state index in [9.17, 15) is 19.0 Å². The number of carbonyl (C=O) groups is 2. The highest BCUT2D eigenvalue weighted by molar-refractivity contribution is 7.45. The lowest BCUT2D eigenvalue weighted by atomic mass is 10.0. The summed E-state index contributed by atoms with van der Waals surface area (Å²) < 4.78 is 34.2. The number of esters is 2. The largest absolute Gasteiger partial charge is 0.756 e. The molecule has 2 unspecified atom stereocenters. The van der Waals surface area contributed by atoms with E-state index in [1.54, 1.807) is 0 Å². The topological polar surface area (TPSA) is 111 Å². The summed E-state index contributed by atoms with van der Waals surface area (Å²) in [5, 5.41) is 0. The van der Waals surface area contributed by atoms with E-state index in [0.717, 1.165) is 44.9 Å². The standard InChI is InChI=1S/C60H114NO8P/c1-6-8-10-12-14-16-18-20-22-24-26-28-30-32-34-36-38-40-42-44-46-48-50-52-59(62)66-56-58(57-68-70(64,65)67-55-54-61(3,4)5)69-60(63)53-51-49-47-45-43-41-39-37-35-33-31-29-27-25-23-21-19-17-15-13-11-9-7-2/h19,21,24-27,58H,6-18,20,22-23,28-57H2,1-5H3/b21-19-,26-24-,27-25-. The van der Waals surface area contributed by atoms with Crippen molar-refractivity contribution in [3.8, 4) is 0 Å². The van der Waals surface area contributed by atoms with Gasteiger partial charge >= 0.3 is 11.9 Å². The molecule has 0 amide bonds. The number of carbonyl (C=O) groups excluding carboxylic acids is 2. The molecule has 0 heterocycles. The Morgan fingerprint density at radius 3 is 1.14 bits per heavy atom. The Morgan fingerprint density at radius 2 is 0.771 bits per heavy atom. The van der Waals surface area contributed by atoms with Gasteiger partial charge in [-0.2, -0.15) is 0 Å². The molecule has 0 aromatic heterocycles. The van der Waals surface area contributed by atoms with E-state index in [-0.39, 0.29) is 32.0 Å². The van der Waals surface area contributed by atoms with Crippen molar-refractivity contribution < 1.29 is 42.1 Å². The van der Waals surface area contributed by atoms with Gasteiger partial charge in [-0.3, -0.25) is 14.2 Å². The van der Waals surface area contributed by atoms with Crippen LogP contribution < -0.4 is 4.89 Å². The van der Waals surface area contributed by atoms with E-state index in [0.29, 0.717) is 17.4 Å². The fourth-order valence-electron chi connectivity index (χ4n) is 8.51. The molecule has 0 fully saturated rings. The summed E-state index contributed by atoms with van der Waals surface area (Å²) in [5.41, 5.74) is 0. The Bertz CT molecular complexity index is 1280. The minimum Gasteiger partial charge on any atom is -0.756 e. The van der Waals surface area contributed by atoms with Crippen LogP contribution in [0.3, 0.4) is 0 Å². The number of hydrogen-bond donors (Lipinski definition) is 0. The van der Waals surface area contributed by atoms with Crippen molar-refractivity contribution >= 4 is 19.8 Å². The first-order valence-corrected chi connectivity index (χ1v) is 31.2. The number of quaternary nitrogens is 1. The summed E-state index contributed by atoms with van der Waals surface area (Å²) in [6.45, 7) is 4.27. The van der Waals surface area contributed by atoms with E-state index in [1.165, 1.54) is 205 Å². The van der Waals surface area contributed by atoms with E-state index >= 15 is 0 Å². The summed E-state index contributed by atoms with van der Waals surface area (Å²) in [5.74, 6) is -0.825. The molecule has 0 aliphatic heterocycles. The Balaban J connectivity index is 4.14. The first-order valence-electron chi connectivity index (χ1n) is 29.7. The van der Waals surface area contributed by atoms with Crippen LogP contribution in [0.2, 0.25) is 0 Å². The highest BCUT2D eigenvalue weighted by Gasteiger charge is 2.22. The number of nitrogens with zero attached hydrogens (tertiary/aromatic N) is 1. The Morgan fingerprint density at radius 1 is 0.443 bits per heavy atom. The number of likely N-dealkylation sites (N-methyl/N-ethyl adjacent to an activating group) is 1. The lowest BCUT2D eigenvalue weighted by Gasteiger charge is -2.28. The van der Waals surface area contributed by atoms with Gasteiger partial charge in [0.2, 0.25) is 0 Å². The van der Waals surface area contributed by atoms with E-state index in [1.807, 2.05) is 21.1 Å². The molecule has 0 aromatic carbocycles.